The number of hydrogen-bond donors (Lipinski definition) is 1. The second-order valence-corrected chi connectivity index (χ2v) is 4.12. The summed E-state index contributed by atoms with van der Waals surface area (Å²) in [6.45, 7) is 2.44. The fourth-order valence-electron chi connectivity index (χ4n) is 1.52. The second kappa shape index (κ2) is 6.66. The van der Waals surface area contributed by atoms with Crippen LogP contribution in [-0.2, 0) is 0 Å². The number of aliphatic hydroxyl groups is 1. The van der Waals surface area contributed by atoms with E-state index in [0.717, 1.165) is 12.1 Å². The van der Waals surface area contributed by atoms with Crippen molar-refractivity contribution in [3.05, 3.63) is 34.4 Å². The lowest BCUT2D eigenvalue weighted by Crippen LogP contribution is -2.32. The van der Waals surface area contributed by atoms with Crippen LogP contribution < -0.4 is 0 Å². The first kappa shape index (κ1) is 14.9. The Kier molecular flexibility index (Phi) is 5.50. The minimum atomic E-state index is -1.11. The van der Waals surface area contributed by atoms with Gasteiger partial charge < -0.3 is 10.0 Å². The van der Waals surface area contributed by atoms with Crippen molar-refractivity contribution in [2.75, 3.05) is 19.7 Å². The fraction of sp³-hybridized carbons (Fsp3) is 0.417. The van der Waals surface area contributed by atoms with Gasteiger partial charge in [0.25, 0.3) is 5.91 Å². The van der Waals surface area contributed by atoms with Crippen LogP contribution in [0.4, 0.5) is 8.78 Å². The van der Waals surface area contributed by atoms with Gasteiger partial charge in [0.15, 0.2) is 11.6 Å². The van der Waals surface area contributed by atoms with Crippen molar-refractivity contribution >= 4 is 17.5 Å². The number of halogens is 3. The molecule has 6 heteroatoms. The van der Waals surface area contributed by atoms with E-state index in [1.165, 1.54) is 4.90 Å². The SMILES string of the molecule is CCN(CCCO)C(=O)c1cc(F)c(F)cc1Cl. The van der Waals surface area contributed by atoms with Crippen LogP contribution in [0.15, 0.2) is 12.1 Å². The maximum Gasteiger partial charge on any atom is 0.255 e. The lowest BCUT2D eigenvalue weighted by atomic mass is 10.1. The Morgan fingerprint density at radius 2 is 2.00 bits per heavy atom. The van der Waals surface area contributed by atoms with Gasteiger partial charge in [0.05, 0.1) is 10.6 Å². The monoisotopic (exact) mass is 277 g/mol. The van der Waals surface area contributed by atoms with Crippen LogP contribution in [0.3, 0.4) is 0 Å². The van der Waals surface area contributed by atoms with Crippen LogP contribution in [0, 0.1) is 11.6 Å². The van der Waals surface area contributed by atoms with Gasteiger partial charge in [-0.2, -0.15) is 0 Å². The first-order chi connectivity index (χ1) is 8.51. The Morgan fingerprint density at radius 1 is 1.39 bits per heavy atom. The van der Waals surface area contributed by atoms with Crippen LogP contribution in [0.5, 0.6) is 0 Å². The van der Waals surface area contributed by atoms with Crippen LogP contribution >= 0.6 is 11.6 Å². The number of rotatable bonds is 5. The summed E-state index contributed by atoms with van der Waals surface area (Å²) in [5, 5.41) is 8.60. The molecule has 0 unspecified atom stereocenters. The summed E-state index contributed by atoms with van der Waals surface area (Å²) < 4.78 is 26.0. The molecule has 0 aliphatic rings. The summed E-state index contributed by atoms with van der Waals surface area (Å²) in [6.07, 6.45) is 0.418. The number of carbonyl (C=O) groups is 1. The third-order valence-corrected chi connectivity index (χ3v) is 2.81. The minimum absolute atomic E-state index is 0.0463. The maximum atomic E-state index is 13.1. The van der Waals surface area contributed by atoms with Gasteiger partial charge in [0, 0.05) is 19.7 Å². The standard InChI is InChI=1S/C12H14ClF2NO2/c1-2-16(4-3-5-17)12(18)8-6-10(14)11(15)7-9(8)13/h6-7,17H,2-5H2,1H3. The lowest BCUT2D eigenvalue weighted by Gasteiger charge is -2.21. The molecular weight excluding hydrogens is 264 g/mol. The van der Waals surface area contributed by atoms with E-state index < -0.39 is 17.5 Å². The quantitative estimate of drug-likeness (QED) is 0.840. The van der Waals surface area contributed by atoms with Gasteiger partial charge in [0.1, 0.15) is 0 Å². The predicted molar refractivity (Wildman–Crippen MR) is 64.6 cm³/mol. The van der Waals surface area contributed by atoms with E-state index in [2.05, 4.69) is 0 Å². The summed E-state index contributed by atoms with van der Waals surface area (Å²) in [4.78, 5) is 13.4. The molecule has 18 heavy (non-hydrogen) atoms. The zero-order chi connectivity index (χ0) is 13.7. The van der Waals surface area contributed by atoms with Crippen LogP contribution in [0.2, 0.25) is 5.02 Å². The van der Waals surface area contributed by atoms with Gasteiger partial charge in [-0.15, -0.1) is 0 Å². The van der Waals surface area contributed by atoms with E-state index in [4.69, 9.17) is 16.7 Å². The first-order valence-electron chi connectivity index (χ1n) is 5.56. The van der Waals surface area contributed by atoms with Crippen molar-refractivity contribution < 1.29 is 18.7 Å². The Bertz CT molecular complexity index is 440. The molecule has 0 heterocycles. The number of carbonyl (C=O) groups excluding carboxylic acids is 1. The molecule has 100 valence electrons. The summed E-state index contributed by atoms with van der Waals surface area (Å²) in [7, 11) is 0. The van der Waals surface area contributed by atoms with Gasteiger partial charge in [-0.05, 0) is 25.5 Å². The first-order valence-corrected chi connectivity index (χ1v) is 5.93. The molecule has 0 radical (unpaired) electrons. The van der Waals surface area contributed by atoms with Gasteiger partial charge in [-0.1, -0.05) is 11.6 Å². The van der Waals surface area contributed by atoms with Crippen molar-refractivity contribution in [3.8, 4) is 0 Å². The number of nitrogens with zero attached hydrogens (tertiary/aromatic N) is 1. The molecular formula is C12H14ClF2NO2. The topological polar surface area (TPSA) is 40.5 Å². The van der Waals surface area contributed by atoms with E-state index >= 15 is 0 Å². The Balaban J connectivity index is 2.98. The van der Waals surface area contributed by atoms with E-state index in [-0.39, 0.29) is 17.2 Å². The van der Waals surface area contributed by atoms with Crippen molar-refractivity contribution in [2.45, 2.75) is 13.3 Å². The largest absolute Gasteiger partial charge is 0.396 e. The van der Waals surface area contributed by atoms with Gasteiger partial charge >= 0.3 is 0 Å². The molecule has 0 aliphatic heterocycles. The molecule has 1 aromatic carbocycles. The molecule has 0 fully saturated rings. The highest BCUT2D eigenvalue weighted by atomic mass is 35.5. The molecule has 0 spiro atoms. The highest BCUT2D eigenvalue weighted by molar-refractivity contribution is 6.33. The normalized spacial score (nSPS) is 10.5. The molecule has 0 aromatic heterocycles. The van der Waals surface area contributed by atoms with E-state index in [1.807, 2.05) is 0 Å². The van der Waals surface area contributed by atoms with E-state index in [1.54, 1.807) is 6.92 Å². The summed E-state index contributed by atoms with van der Waals surface area (Å²) in [5.41, 5.74) is -0.0737. The smallest absolute Gasteiger partial charge is 0.255 e. The average Bonchev–Trinajstić information content (AvgIpc) is 2.34. The third kappa shape index (κ3) is 3.40. The maximum absolute atomic E-state index is 13.1. The summed E-state index contributed by atoms with van der Waals surface area (Å²) in [6, 6.07) is 1.58. The van der Waals surface area contributed by atoms with E-state index in [9.17, 15) is 13.6 Å². The molecule has 0 saturated carbocycles. The highest BCUT2D eigenvalue weighted by Crippen LogP contribution is 2.21. The summed E-state index contributed by atoms with van der Waals surface area (Å²) in [5.74, 6) is -2.68. The number of hydrogen-bond acceptors (Lipinski definition) is 2. The van der Waals surface area contributed by atoms with Crippen LogP contribution in [0.25, 0.3) is 0 Å². The minimum Gasteiger partial charge on any atom is -0.396 e. The van der Waals surface area contributed by atoms with Gasteiger partial charge in [-0.3, -0.25) is 4.79 Å². The Labute approximate surface area is 109 Å². The Morgan fingerprint density at radius 3 is 2.56 bits per heavy atom. The van der Waals surface area contributed by atoms with Gasteiger partial charge in [-0.25, -0.2) is 8.78 Å². The average molecular weight is 278 g/mol. The highest BCUT2D eigenvalue weighted by Gasteiger charge is 2.19. The van der Waals surface area contributed by atoms with Crippen molar-refractivity contribution in [2.24, 2.45) is 0 Å². The van der Waals surface area contributed by atoms with Crippen molar-refractivity contribution in [3.63, 3.8) is 0 Å². The number of aliphatic hydroxyl groups excluding tert-OH is 1. The molecule has 1 aromatic rings. The van der Waals surface area contributed by atoms with Crippen molar-refractivity contribution in [1.82, 2.24) is 4.90 Å². The zero-order valence-corrected chi connectivity index (χ0v) is 10.7. The molecule has 0 bridgehead atoms. The van der Waals surface area contributed by atoms with Gasteiger partial charge in [0.2, 0.25) is 0 Å². The second-order valence-electron chi connectivity index (χ2n) is 3.71. The fourth-order valence-corrected chi connectivity index (χ4v) is 1.75. The molecule has 1 rings (SSSR count). The molecule has 0 saturated heterocycles. The molecule has 0 atom stereocenters. The molecule has 0 aliphatic carbocycles. The lowest BCUT2D eigenvalue weighted by molar-refractivity contribution is 0.0754. The van der Waals surface area contributed by atoms with Crippen molar-refractivity contribution in [1.29, 1.82) is 0 Å². The number of benzene rings is 1. The molecule has 3 nitrogen and oxygen atoms in total. The predicted octanol–water partition coefficient (Wildman–Crippen LogP) is 2.46. The van der Waals surface area contributed by atoms with Crippen LogP contribution in [-0.4, -0.2) is 35.6 Å². The molecule has 1 N–H and O–H groups in total. The Hall–Kier alpha value is -1.20. The zero-order valence-electron chi connectivity index (χ0n) is 9.92. The van der Waals surface area contributed by atoms with Crippen LogP contribution in [0.1, 0.15) is 23.7 Å². The van der Waals surface area contributed by atoms with E-state index in [0.29, 0.717) is 19.5 Å². The number of amides is 1. The third-order valence-electron chi connectivity index (χ3n) is 2.50. The molecule has 1 amide bonds. The summed E-state index contributed by atoms with van der Waals surface area (Å²) >= 11 is 5.73.